The summed E-state index contributed by atoms with van der Waals surface area (Å²) in [6.45, 7) is 3.97. The van der Waals surface area contributed by atoms with Crippen LogP contribution < -0.4 is 15.2 Å². The predicted molar refractivity (Wildman–Crippen MR) is 135 cm³/mol. The van der Waals surface area contributed by atoms with Crippen molar-refractivity contribution in [1.29, 1.82) is 0 Å². The number of unbranched alkanes of at least 4 members (excludes halogenated alkanes) is 3. The summed E-state index contributed by atoms with van der Waals surface area (Å²) in [5.41, 5.74) is 8.13. The van der Waals surface area contributed by atoms with Crippen molar-refractivity contribution in [3.8, 4) is 11.5 Å². The molecular formula is C29H33NO2. The lowest BCUT2D eigenvalue weighted by atomic mass is 9.93. The Morgan fingerprint density at radius 3 is 1.75 bits per heavy atom. The summed E-state index contributed by atoms with van der Waals surface area (Å²) < 4.78 is 12.4. The lowest BCUT2D eigenvalue weighted by Gasteiger charge is -2.18. The zero-order valence-corrected chi connectivity index (χ0v) is 19.0. The fourth-order valence-corrected chi connectivity index (χ4v) is 4.32. The summed E-state index contributed by atoms with van der Waals surface area (Å²) in [5.74, 6) is 1.87. The zero-order valence-electron chi connectivity index (χ0n) is 19.0. The van der Waals surface area contributed by atoms with Gasteiger partial charge in [0.2, 0.25) is 0 Å². The van der Waals surface area contributed by atoms with Crippen molar-refractivity contribution in [2.75, 3.05) is 19.8 Å². The van der Waals surface area contributed by atoms with Crippen LogP contribution >= 0.6 is 0 Å². The second-order valence-electron chi connectivity index (χ2n) is 8.25. The summed E-state index contributed by atoms with van der Waals surface area (Å²) in [6, 6.07) is 25.5. The van der Waals surface area contributed by atoms with Gasteiger partial charge in [0.1, 0.15) is 18.1 Å². The number of fused-ring (bicyclic) bond motifs is 2. The van der Waals surface area contributed by atoms with Gasteiger partial charge >= 0.3 is 0 Å². The monoisotopic (exact) mass is 427 g/mol. The molecule has 2 N–H and O–H groups in total. The largest absolute Gasteiger partial charge is 0.493 e. The Labute approximate surface area is 191 Å². The molecule has 0 bridgehead atoms. The van der Waals surface area contributed by atoms with Gasteiger partial charge in [-0.2, -0.15) is 0 Å². The van der Waals surface area contributed by atoms with E-state index in [2.05, 4.69) is 79.7 Å². The minimum atomic E-state index is 0.493. The third-order valence-electron chi connectivity index (χ3n) is 5.98. The highest BCUT2D eigenvalue weighted by molar-refractivity contribution is 5.91. The van der Waals surface area contributed by atoms with Gasteiger partial charge in [-0.05, 0) is 40.1 Å². The molecule has 0 heterocycles. The second kappa shape index (κ2) is 11.0. The van der Waals surface area contributed by atoms with E-state index in [0.29, 0.717) is 13.2 Å². The molecule has 4 aromatic carbocycles. The van der Waals surface area contributed by atoms with E-state index < -0.39 is 0 Å². The molecule has 0 fully saturated rings. The van der Waals surface area contributed by atoms with E-state index in [9.17, 15) is 0 Å². The van der Waals surface area contributed by atoms with Crippen LogP contribution in [-0.4, -0.2) is 19.8 Å². The predicted octanol–water partition coefficient (Wildman–Crippen LogP) is 6.88. The lowest BCUT2D eigenvalue weighted by Crippen LogP contribution is -2.12. The third-order valence-corrected chi connectivity index (χ3v) is 5.98. The summed E-state index contributed by atoms with van der Waals surface area (Å²) >= 11 is 0. The quantitative estimate of drug-likeness (QED) is 0.265. The average molecular weight is 428 g/mol. The van der Waals surface area contributed by atoms with Gasteiger partial charge in [0.25, 0.3) is 0 Å². The molecule has 3 nitrogen and oxygen atoms in total. The molecule has 0 aromatic heterocycles. The smallest absolute Gasteiger partial charge is 0.123 e. The van der Waals surface area contributed by atoms with E-state index in [1.54, 1.807) is 0 Å². The van der Waals surface area contributed by atoms with Gasteiger partial charge in [-0.25, -0.2) is 0 Å². The number of ether oxygens (including phenoxy) is 2. The lowest BCUT2D eigenvalue weighted by molar-refractivity contribution is 0.302. The maximum atomic E-state index is 6.34. The number of benzene rings is 4. The first-order valence-corrected chi connectivity index (χ1v) is 11.8. The van der Waals surface area contributed by atoms with E-state index >= 15 is 0 Å². The van der Waals surface area contributed by atoms with Crippen LogP contribution in [0.2, 0.25) is 0 Å². The van der Waals surface area contributed by atoms with Gasteiger partial charge in [-0.3, -0.25) is 0 Å². The average Bonchev–Trinajstić information content (AvgIpc) is 2.84. The fourth-order valence-electron chi connectivity index (χ4n) is 4.32. The molecule has 4 rings (SSSR count). The van der Waals surface area contributed by atoms with Gasteiger partial charge in [-0.1, -0.05) is 86.8 Å². The summed E-state index contributed by atoms with van der Waals surface area (Å²) in [5, 5.41) is 4.88. The Morgan fingerprint density at radius 1 is 0.625 bits per heavy atom. The van der Waals surface area contributed by atoms with E-state index in [0.717, 1.165) is 30.9 Å². The standard InChI is InChI=1S/C29H33NO2/c1-2-3-4-9-19-31-28-16-14-22-10-5-7-12-24(22)26(28)21-27-25-13-8-6-11-23(25)15-17-29(27)32-20-18-30/h5-8,10-17H,2-4,9,18-21,30H2,1H3. The van der Waals surface area contributed by atoms with Crippen LogP contribution in [0.15, 0.2) is 72.8 Å². The molecule has 0 spiro atoms. The Morgan fingerprint density at radius 2 is 1.19 bits per heavy atom. The topological polar surface area (TPSA) is 44.5 Å². The van der Waals surface area contributed by atoms with E-state index in [4.69, 9.17) is 15.2 Å². The van der Waals surface area contributed by atoms with Crippen LogP contribution in [0, 0.1) is 0 Å². The van der Waals surface area contributed by atoms with Gasteiger partial charge < -0.3 is 15.2 Å². The Balaban J connectivity index is 1.76. The first-order chi connectivity index (χ1) is 15.8. The van der Waals surface area contributed by atoms with Crippen molar-refractivity contribution in [2.24, 2.45) is 5.73 Å². The van der Waals surface area contributed by atoms with Crippen molar-refractivity contribution in [3.05, 3.63) is 83.9 Å². The Kier molecular flexibility index (Phi) is 7.63. The Hall–Kier alpha value is -3.04. The summed E-state index contributed by atoms with van der Waals surface area (Å²) in [4.78, 5) is 0. The van der Waals surface area contributed by atoms with Gasteiger partial charge in [0.05, 0.1) is 6.61 Å². The van der Waals surface area contributed by atoms with Crippen molar-refractivity contribution in [3.63, 3.8) is 0 Å². The fraction of sp³-hybridized carbons (Fsp3) is 0.310. The number of hydrogen-bond acceptors (Lipinski definition) is 3. The molecule has 0 aliphatic carbocycles. The molecule has 0 saturated heterocycles. The van der Waals surface area contributed by atoms with Gasteiger partial charge in [0, 0.05) is 24.1 Å². The number of nitrogens with two attached hydrogens (primary N) is 1. The van der Waals surface area contributed by atoms with Crippen LogP contribution in [-0.2, 0) is 6.42 Å². The second-order valence-corrected chi connectivity index (χ2v) is 8.25. The van der Waals surface area contributed by atoms with Crippen LogP contribution in [0.4, 0.5) is 0 Å². The van der Waals surface area contributed by atoms with Crippen LogP contribution in [0.3, 0.4) is 0 Å². The maximum Gasteiger partial charge on any atom is 0.123 e. The summed E-state index contributed by atoms with van der Waals surface area (Å²) in [7, 11) is 0. The first-order valence-electron chi connectivity index (χ1n) is 11.8. The zero-order chi connectivity index (χ0) is 22.2. The highest BCUT2D eigenvalue weighted by Gasteiger charge is 2.15. The normalized spacial score (nSPS) is 11.2. The highest BCUT2D eigenvalue weighted by Crippen LogP contribution is 2.36. The van der Waals surface area contributed by atoms with Crippen LogP contribution in [0.25, 0.3) is 21.5 Å². The SMILES string of the molecule is CCCCCCOc1ccc2ccccc2c1Cc1c(OCCN)ccc2ccccc12. The Bertz CT molecular complexity index is 1170. The van der Waals surface area contributed by atoms with Crippen molar-refractivity contribution in [2.45, 2.75) is 39.0 Å². The number of hydrogen-bond donors (Lipinski definition) is 1. The molecule has 0 atom stereocenters. The maximum absolute atomic E-state index is 6.34. The van der Waals surface area contributed by atoms with Crippen molar-refractivity contribution < 1.29 is 9.47 Å². The summed E-state index contributed by atoms with van der Waals surface area (Å²) in [6.07, 6.45) is 5.52. The molecule has 0 amide bonds. The third kappa shape index (κ3) is 5.05. The van der Waals surface area contributed by atoms with Crippen LogP contribution in [0.1, 0.15) is 43.7 Å². The van der Waals surface area contributed by atoms with E-state index in [1.165, 1.54) is 51.9 Å². The molecule has 0 aliphatic rings. The number of rotatable bonds is 11. The molecule has 0 aliphatic heterocycles. The van der Waals surface area contributed by atoms with Crippen LogP contribution in [0.5, 0.6) is 11.5 Å². The minimum absolute atomic E-state index is 0.493. The molecular weight excluding hydrogens is 394 g/mol. The van der Waals surface area contributed by atoms with Gasteiger partial charge in [0.15, 0.2) is 0 Å². The molecule has 3 heteroatoms. The molecule has 4 aromatic rings. The molecule has 0 radical (unpaired) electrons. The minimum Gasteiger partial charge on any atom is -0.493 e. The first kappa shape index (κ1) is 22.2. The van der Waals surface area contributed by atoms with E-state index in [1.807, 2.05) is 0 Å². The molecule has 166 valence electrons. The molecule has 0 unspecified atom stereocenters. The highest BCUT2D eigenvalue weighted by atomic mass is 16.5. The van der Waals surface area contributed by atoms with Crippen molar-refractivity contribution >= 4 is 21.5 Å². The van der Waals surface area contributed by atoms with E-state index in [-0.39, 0.29) is 0 Å². The van der Waals surface area contributed by atoms with Gasteiger partial charge in [-0.15, -0.1) is 0 Å². The van der Waals surface area contributed by atoms with Crippen molar-refractivity contribution in [1.82, 2.24) is 0 Å². The molecule has 0 saturated carbocycles. The molecule has 32 heavy (non-hydrogen) atoms.